The van der Waals surface area contributed by atoms with Gasteiger partial charge in [0.25, 0.3) is 0 Å². The van der Waals surface area contributed by atoms with Gasteiger partial charge in [0.15, 0.2) is 0 Å². The number of benzene rings is 2. The first kappa shape index (κ1) is 25.6. The van der Waals surface area contributed by atoms with Crippen LogP contribution in [0.4, 0.5) is 0 Å². The quantitative estimate of drug-likeness (QED) is 0.573. The molecule has 0 radical (unpaired) electrons. The van der Waals surface area contributed by atoms with Gasteiger partial charge in [0.1, 0.15) is 5.75 Å². The zero-order valence-electron chi connectivity index (χ0n) is 21.0. The minimum atomic E-state index is -0.405. The van der Waals surface area contributed by atoms with Crippen molar-refractivity contribution in [3.63, 3.8) is 0 Å². The minimum absolute atomic E-state index is 0.115. The van der Waals surface area contributed by atoms with Crippen LogP contribution in [0.5, 0.6) is 5.75 Å². The molecule has 2 aromatic carbocycles. The predicted molar refractivity (Wildman–Crippen MR) is 140 cm³/mol. The molecule has 4 rings (SSSR count). The summed E-state index contributed by atoms with van der Waals surface area (Å²) in [4.78, 5) is 20.0. The summed E-state index contributed by atoms with van der Waals surface area (Å²) in [6.07, 6.45) is 1.93. The number of rotatable bonds is 9. The highest BCUT2D eigenvalue weighted by Gasteiger charge is 2.33. The Bertz CT molecular complexity index is 924. The van der Waals surface area contributed by atoms with Gasteiger partial charge in [0, 0.05) is 57.3 Å². The van der Waals surface area contributed by atoms with E-state index < -0.39 is 6.04 Å². The molecule has 7 nitrogen and oxygen atoms in total. The number of hydrogen-bond donors (Lipinski definition) is 2. The van der Waals surface area contributed by atoms with E-state index in [4.69, 9.17) is 16.2 Å². The summed E-state index contributed by atoms with van der Waals surface area (Å²) in [6, 6.07) is 18.2. The summed E-state index contributed by atoms with van der Waals surface area (Å²) in [6.45, 7) is 7.57. The van der Waals surface area contributed by atoms with E-state index in [1.165, 1.54) is 11.1 Å². The number of hydrogen-bond acceptors (Lipinski definition) is 6. The SMILES string of the molecule is COc1ccccc1CN1CCN(C(=O)[C@H](N)C2CCN(CC(CN)c3ccccc3)CC2)CC1. The molecule has 1 amide bonds. The second kappa shape index (κ2) is 12.5. The van der Waals surface area contributed by atoms with Crippen LogP contribution in [0.3, 0.4) is 0 Å². The first-order valence-electron chi connectivity index (χ1n) is 12.9. The summed E-state index contributed by atoms with van der Waals surface area (Å²) in [5, 5.41) is 0. The smallest absolute Gasteiger partial charge is 0.239 e. The second-order valence-corrected chi connectivity index (χ2v) is 9.92. The monoisotopic (exact) mass is 479 g/mol. The second-order valence-electron chi connectivity index (χ2n) is 9.92. The maximum absolute atomic E-state index is 13.2. The van der Waals surface area contributed by atoms with Crippen molar-refractivity contribution in [3.8, 4) is 5.75 Å². The molecule has 0 bridgehead atoms. The van der Waals surface area contributed by atoms with Gasteiger partial charge in [-0.05, 0) is 43.5 Å². The number of amides is 1. The highest BCUT2D eigenvalue weighted by Crippen LogP contribution is 2.25. The van der Waals surface area contributed by atoms with Gasteiger partial charge in [0.2, 0.25) is 5.91 Å². The molecular weight excluding hydrogens is 438 g/mol. The zero-order valence-corrected chi connectivity index (χ0v) is 21.0. The molecule has 0 aliphatic carbocycles. The van der Waals surface area contributed by atoms with Crippen LogP contribution in [0.15, 0.2) is 54.6 Å². The van der Waals surface area contributed by atoms with Gasteiger partial charge >= 0.3 is 0 Å². The lowest BCUT2D eigenvalue weighted by atomic mass is 9.88. The average molecular weight is 480 g/mol. The molecule has 4 N–H and O–H groups in total. The fourth-order valence-corrected chi connectivity index (χ4v) is 5.46. The summed E-state index contributed by atoms with van der Waals surface area (Å²) in [7, 11) is 1.71. The molecule has 2 fully saturated rings. The molecule has 2 aromatic rings. The van der Waals surface area contributed by atoms with E-state index in [1.54, 1.807) is 7.11 Å². The van der Waals surface area contributed by atoms with Crippen molar-refractivity contribution in [2.45, 2.75) is 31.3 Å². The Labute approximate surface area is 210 Å². The van der Waals surface area contributed by atoms with Crippen molar-refractivity contribution in [2.75, 3.05) is 59.5 Å². The Balaban J connectivity index is 1.22. The van der Waals surface area contributed by atoms with Gasteiger partial charge in [-0.25, -0.2) is 0 Å². The van der Waals surface area contributed by atoms with E-state index in [2.05, 4.69) is 40.1 Å². The molecule has 0 aromatic heterocycles. The normalized spacial score (nSPS) is 19.9. The van der Waals surface area contributed by atoms with Crippen LogP contribution in [0, 0.1) is 5.92 Å². The van der Waals surface area contributed by atoms with Crippen LogP contribution in [0.2, 0.25) is 0 Å². The Morgan fingerprint density at radius 1 is 0.943 bits per heavy atom. The number of carbonyl (C=O) groups is 1. The van der Waals surface area contributed by atoms with Crippen LogP contribution in [-0.4, -0.2) is 86.1 Å². The maximum atomic E-state index is 13.2. The van der Waals surface area contributed by atoms with E-state index in [0.29, 0.717) is 12.5 Å². The van der Waals surface area contributed by atoms with Gasteiger partial charge < -0.3 is 26.0 Å². The van der Waals surface area contributed by atoms with Gasteiger partial charge in [-0.1, -0.05) is 48.5 Å². The van der Waals surface area contributed by atoms with Crippen LogP contribution in [0.1, 0.15) is 29.9 Å². The van der Waals surface area contributed by atoms with E-state index >= 15 is 0 Å². The highest BCUT2D eigenvalue weighted by molar-refractivity contribution is 5.82. The highest BCUT2D eigenvalue weighted by atomic mass is 16.5. The lowest BCUT2D eigenvalue weighted by Crippen LogP contribution is -2.55. The summed E-state index contributed by atoms with van der Waals surface area (Å²) in [5.41, 5.74) is 15.1. The van der Waals surface area contributed by atoms with Crippen molar-refractivity contribution in [2.24, 2.45) is 17.4 Å². The minimum Gasteiger partial charge on any atom is -0.496 e. The largest absolute Gasteiger partial charge is 0.496 e. The predicted octanol–water partition coefficient (Wildman–Crippen LogP) is 2.12. The van der Waals surface area contributed by atoms with Crippen molar-refractivity contribution in [1.29, 1.82) is 0 Å². The first-order chi connectivity index (χ1) is 17.1. The van der Waals surface area contributed by atoms with Crippen molar-refractivity contribution in [3.05, 3.63) is 65.7 Å². The molecule has 0 spiro atoms. The molecule has 2 aliphatic rings. The standard InChI is InChI=1S/C28H41N5O2/c1-35-26-10-6-5-9-24(26)20-32-15-17-33(18-16-32)28(34)27(30)23-11-13-31(14-12-23)21-25(19-29)22-7-3-2-4-8-22/h2-10,23,25,27H,11-21,29-30H2,1H3/t25?,27-/m1/s1. The molecule has 2 atom stereocenters. The van der Waals surface area contributed by atoms with Crippen molar-refractivity contribution < 1.29 is 9.53 Å². The molecular formula is C28H41N5O2. The lowest BCUT2D eigenvalue weighted by Gasteiger charge is -2.39. The van der Waals surface area contributed by atoms with Crippen molar-refractivity contribution in [1.82, 2.24) is 14.7 Å². The van der Waals surface area contributed by atoms with Crippen LogP contribution < -0.4 is 16.2 Å². The Morgan fingerprint density at radius 2 is 1.60 bits per heavy atom. The Morgan fingerprint density at radius 3 is 2.26 bits per heavy atom. The number of carbonyl (C=O) groups excluding carboxylic acids is 1. The third-order valence-electron chi connectivity index (χ3n) is 7.73. The number of ether oxygens (including phenoxy) is 1. The van der Waals surface area contributed by atoms with Crippen molar-refractivity contribution >= 4 is 5.91 Å². The summed E-state index contributed by atoms with van der Waals surface area (Å²) in [5.74, 6) is 1.62. The molecule has 0 saturated carbocycles. The topological polar surface area (TPSA) is 88.1 Å². The van der Waals surface area contributed by atoms with Gasteiger partial charge in [-0.15, -0.1) is 0 Å². The molecule has 35 heavy (non-hydrogen) atoms. The number of piperazine rings is 1. The van der Waals surface area contributed by atoms with Gasteiger partial charge in [0.05, 0.1) is 13.2 Å². The number of methoxy groups -OCH3 is 1. The number of para-hydroxylation sites is 1. The van der Waals surface area contributed by atoms with Crippen LogP contribution >= 0.6 is 0 Å². The molecule has 2 saturated heterocycles. The first-order valence-corrected chi connectivity index (χ1v) is 12.9. The van der Waals surface area contributed by atoms with Crippen LogP contribution in [0.25, 0.3) is 0 Å². The molecule has 2 aliphatic heterocycles. The fourth-order valence-electron chi connectivity index (χ4n) is 5.46. The number of likely N-dealkylation sites (tertiary alicyclic amines) is 1. The Kier molecular flexibility index (Phi) is 9.15. The van der Waals surface area contributed by atoms with Gasteiger partial charge in [-0.3, -0.25) is 9.69 Å². The zero-order chi connectivity index (χ0) is 24.6. The molecule has 1 unspecified atom stereocenters. The fraction of sp³-hybridized carbons (Fsp3) is 0.536. The van der Waals surface area contributed by atoms with E-state index in [-0.39, 0.29) is 11.8 Å². The summed E-state index contributed by atoms with van der Waals surface area (Å²) >= 11 is 0. The third kappa shape index (κ3) is 6.61. The average Bonchev–Trinajstić information content (AvgIpc) is 2.92. The molecule has 190 valence electrons. The van der Waals surface area contributed by atoms with E-state index in [1.807, 2.05) is 29.2 Å². The Hall–Kier alpha value is -2.45. The molecule has 2 heterocycles. The van der Waals surface area contributed by atoms with Crippen LogP contribution in [-0.2, 0) is 11.3 Å². The van der Waals surface area contributed by atoms with E-state index in [9.17, 15) is 4.79 Å². The maximum Gasteiger partial charge on any atom is 0.239 e. The number of piperidine rings is 1. The van der Waals surface area contributed by atoms with E-state index in [0.717, 1.165) is 70.9 Å². The number of nitrogens with two attached hydrogens (primary N) is 2. The molecule has 7 heteroatoms. The third-order valence-corrected chi connectivity index (χ3v) is 7.73. The lowest BCUT2D eigenvalue weighted by molar-refractivity contribution is -0.136. The summed E-state index contributed by atoms with van der Waals surface area (Å²) < 4.78 is 5.48. The van der Waals surface area contributed by atoms with Gasteiger partial charge in [-0.2, -0.15) is 0 Å². The number of nitrogens with zero attached hydrogens (tertiary/aromatic N) is 3.